The van der Waals surface area contributed by atoms with Crippen LogP contribution in [0.4, 0.5) is 5.69 Å². The summed E-state index contributed by atoms with van der Waals surface area (Å²) in [6.07, 6.45) is 2.67. The van der Waals surface area contributed by atoms with Crippen LogP contribution in [-0.4, -0.2) is 38.2 Å². The minimum Gasteiger partial charge on any atom is -0.491 e. The molecule has 2 aromatic heterocycles. The van der Waals surface area contributed by atoms with Crippen molar-refractivity contribution in [3.8, 4) is 5.75 Å². The zero-order valence-corrected chi connectivity index (χ0v) is 13.3. The summed E-state index contributed by atoms with van der Waals surface area (Å²) in [6.45, 7) is 2.04. The van der Waals surface area contributed by atoms with Crippen molar-refractivity contribution in [2.75, 3.05) is 11.9 Å². The van der Waals surface area contributed by atoms with Gasteiger partial charge in [0.25, 0.3) is 0 Å². The molecule has 0 saturated carbocycles. The van der Waals surface area contributed by atoms with E-state index in [0.29, 0.717) is 11.2 Å². The summed E-state index contributed by atoms with van der Waals surface area (Å²) in [5, 5.41) is 16.3. The van der Waals surface area contributed by atoms with Gasteiger partial charge in [0.15, 0.2) is 5.75 Å². The van der Waals surface area contributed by atoms with Gasteiger partial charge in [0, 0.05) is 11.9 Å². The number of carboxylic acid groups (broad SMARTS) is 1. The second kappa shape index (κ2) is 5.59. The Labute approximate surface area is 142 Å². The lowest BCUT2D eigenvalue weighted by molar-refractivity contribution is -0.116. The van der Waals surface area contributed by atoms with Gasteiger partial charge in [-0.3, -0.25) is 4.79 Å². The number of carbonyl (C=O) groups is 2. The van der Waals surface area contributed by atoms with Gasteiger partial charge in [-0.2, -0.15) is 5.10 Å². The minimum atomic E-state index is -1.13. The summed E-state index contributed by atoms with van der Waals surface area (Å²) < 4.78 is 6.96. The van der Waals surface area contributed by atoms with E-state index >= 15 is 0 Å². The molecule has 3 heterocycles. The smallest absolute Gasteiger partial charge is 0.341 e. The highest BCUT2D eigenvalue weighted by Gasteiger charge is 2.36. The number of aromatic carboxylic acids is 1. The van der Waals surface area contributed by atoms with Crippen LogP contribution in [0.2, 0.25) is 0 Å². The van der Waals surface area contributed by atoms with Gasteiger partial charge in [0.05, 0.1) is 12.3 Å². The molecule has 25 heavy (non-hydrogen) atoms. The molecule has 0 fully saturated rings. The Hall–Kier alpha value is -3.42. The lowest BCUT2D eigenvalue weighted by Crippen LogP contribution is -2.16. The van der Waals surface area contributed by atoms with E-state index in [1.165, 1.54) is 17.0 Å². The van der Waals surface area contributed by atoms with Gasteiger partial charge in [-0.15, -0.1) is 0 Å². The van der Waals surface area contributed by atoms with Crippen LogP contribution in [0.3, 0.4) is 0 Å². The van der Waals surface area contributed by atoms with Gasteiger partial charge in [-0.25, -0.2) is 14.3 Å². The lowest BCUT2D eigenvalue weighted by atomic mass is 9.96. The topological polar surface area (TPSA) is 106 Å². The molecule has 1 aliphatic rings. The van der Waals surface area contributed by atoms with Crippen LogP contribution in [-0.2, 0) is 4.79 Å². The SMILES string of the molecule is CCOc1c(C(=O)O)cn2ncnc(C3C(=O)Nc4ccccc43)c12. The first kappa shape index (κ1) is 15.1. The average molecular weight is 338 g/mol. The number of ether oxygens (including phenoxy) is 1. The summed E-state index contributed by atoms with van der Waals surface area (Å²) in [5.41, 5.74) is 2.29. The highest BCUT2D eigenvalue weighted by Crippen LogP contribution is 2.40. The average Bonchev–Trinajstić information content (AvgIpc) is 3.12. The molecule has 1 aliphatic heterocycles. The highest BCUT2D eigenvalue weighted by atomic mass is 16.5. The van der Waals surface area contributed by atoms with Crippen molar-refractivity contribution in [2.24, 2.45) is 0 Å². The van der Waals surface area contributed by atoms with Crippen LogP contribution in [0.15, 0.2) is 36.8 Å². The fourth-order valence-corrected chi connectivity index (χ4v) is 3.14. The fraction of sp³-hybridized carbons (Fsp3) is 0.176. The molecule has 3 aromatic rings. The van der Waals surface area contributed by atoms with Gasteiger partial charge in [-0.1, -0.05) is 18.2 Å². The Balaban J connectivity index is 2.00. The molecule has 0 radical (unpaired) electrons. The van der Waals surface area contributed by atoms with Crippen molar-refractivity contribution in [2.45, 2.75) is 12.8 Å². The second-order valence-corrected chi connectivity index (χ2v) is 5.56. The summed E-state index contributed by atoms with van der Waals surface area (Å²) in [6, 6.07) is 7.34. The van der Waals surface area contributed by atoms with Gasteiger partial charge in [0.1, 0.15) is 23.3 Å². The molecule has 8 nitrogen and oxygen atoms in total. The molecule has 0 saturated heterocycles. The molecular formula is C17H14N4O4. The molecule has 0 aliphatic carbocycles. The minimum absolute atomic E-state index is 0.0182. The molecule has 1 amide bonds. The zero-order valence-electron chi connectivity index (χ0n) is 13.3. The van der Waals surface area contributed by atoms with E-state index in [1.54, 1.807) is 6.92 Å². The number of hydrogen-bond acceptors (Lipinski definition) is 5. The molecule has 1 atom stereocenters. The molecule has 2 N–H and O–H groups in total. The lowest BCUT2D eigenvalue weighted by Gasteiger charge is -2.11. The number of aromatic nitrogens is 3. The first-order chi connectivity index (χ1) is 12.1. The summed E-state index contributed by atoms with van der Waals surface area (Å²) in [7, 11) is 0. The standard InChI is InChI=1S/C17H14N4O4/c1-2-25-15-10(17(23)24)7-21-14(15)13(18-8-19-21)12-9-5-3-4-6-11(9)20-16(12)22/h3-8,12H,2H2,1H3,(H,20,22)(H,23,24). The van der Waals surface area contributed by atoms with E-state index in [9.17, 15) is 14.7 Å². The maximum atomic E-state index is 12.5. The number of hydrogen-bond donors (Lipinski definition) is 2. The Kier molecular flexibility index (Phi) is 3.38. The zero-order chi connectivity index (χ0) is 17.6. The van der Waals surface area contributed by atoms with Gasteiger partial charge in [-0.05, 0) is 18.6 Å². The van der Waals surface area contributed by atoms with E-state index in [1.807, 2.05) is 24.3 Å². The Morgan fingerprint density at radius 1 is 1.40 bits per heavy atom. The third kappa shape index (κ3) is 2.22. The van der Waals surface area contributed by atoms with Crippen LogP contribution >= 0.6 is 0 Å². The summed E-state index contributed by atoms with van der Waals surface area (Å²) >= 11 is 0. The maximum Gasteiger partial charge on any atom is 0.341 e. The monoisotopic (exact) mass is 338 g/mol. The Bertz CT molecular complexity index is 1010. The number of carbonyl (C=O) groups excluding carboxylic acids is 1. The van der Waals surface area contributed by atoms with Crippen LogP contribution in [0.1, 0.15) is 34.5 Å². The van der Waals surface area contributed by atoms with E-state index in [4.69, 9.17) is 4.74 Å². The summed E-state index contributed by atoms with van der Waals surface area (Å²) in [4.78, 5) is 28.4. The third-order valence-electron chi connectivity index (χ3n) is 4.14. The van der Waals surface area contributed by atoms with E-state index in [2.05, 4.69) is 15.4 Å². The van der Waals surface area contributed by atoms with Gasteiger partial charge in [0.2, 0.25) is 5.91 Å². The number of nitrogens with one attached hydrogen (secondary N) is 1. The summed E-state index contributed by atoms with van der Waals surface area (Å²) in [5.74, 6) is -1.83. The Morgan fingerprint density at radius 2 is 2.20 bits per heavy atom. The second-order valence-electron chi connectivity index (χ2n) is 5.56. The van der Waals surface area contributed by atoms with Crippen molar-refractivity contribution in [1.82, 2.24) is 14.6 Å². The molecular weight excluding hydrogens is 324 g/mol. The number of rotatable bonds is 4. The molecule has 0 bridgehead atoms. The van der Waals surface area contributed by atoms with E-state index in [-0.39, 0.29) is 23.8 Å². The predicted molar refractivity (Wildman–Crippen MR) is 88.0 cm³/mol. The van der Waals surface area contributed by atoms with E-state index in [0.717, 1.165) is 11.3 Å². The fourth-order valence-electron chi connectivity index (χ4n) is 3.14. The third-order valence-corrected chi connectivity index (χ3v) is 4.14. The molecule has 1 unspecified atom stereocenters. The largest absolute Gasteiger partial charge is 0.491 e. The number of benzene rings is 1. The van der Waals surface area contributed by atoms with Crippen molar-refractivity contribution >= 4 is 23.1 Å². The Morgan fingerprint density at radius 3 is 2.96 bits per heavy atom. The first-order valence-electron chi connectivity index (χ1n) is 7.74. The van der Waals surface area contributed by atoms with Crippen molar-refractivity contribution in [3.05, 3.63) is 53.6 Å². The van der Waals surface area contributed by atoms with Crippen molar-refractivity contribution in [1.29, 1.82) is 0 Å². The quantitative estimate of drug-likeness (QED) is 0.753. The number of para-hydroxylation sites is 1. The van der Waals surface area contributed by atoms with Crippen LogP contribution in [0, 0.1) is 0 Å². The van der Waals surface area contributed by atoms with Gasteiger partial charge >= 0.3 is 5.97 Å². The van der Waals surface area contributed by atoms with Crippen LogP contribution in [0.25, 0.3) is 5.52 Å². The van der Waals surface area contributed by atoms with Gasteiger partial charge < -0.3 is 15.2 Å². The number of fused-ring (bicyclic) bond motifs is 2. The maximum absolute atomic E-state index is 12.5. The first-order valence-corrected chi connectivity index (χ1v) is 7.74. The molecule has 8 heteroatoms. The molecule has 4 rings (SSSR count). The molecule has 1 aromatic carbocycles. The normalized spacial score (nSPS) is 15.9. The molecule has 0 spiro atoms. The number of amides is 1. The molecule has 126 valence electrons. The van der Waals surface area contributed by atoms with E-state index < -0.39 is 11.9 Å². The van der Waals surface area contributed by atoms with Crippen LogP contribution < -0.4 is 10.1 Å². The number of nitrogens with zero attached hydrogens (tertiary/aromatic N) is 3. The van der Waals surface area contributed by atoms with Crippen molar-refractivity contribution < 1.29 is 19.4 Å². The van der Waals surface area contributed by atoms with Crippen molar-refractivity contribution in [3.63, 3.8) is 0 Å². The highest BCUT2D eigenvalue weighted by molar-refractivity contribution is 6.06. The predicted octanol–water partition coefficient (Wildman–Crippen LogP) is 1.91. The number of carboxylic acids is 1. The van der Waals surface area contributed by atoms with Crippen LogP contribution in [0.5, 0.6) is 5.75 Å². The number of anilines is 1.